The second-order valence-electron chi connectivity index (χ2n) is 5.09. The first-order valence-corrected chi connectivity index (χ1v) is 6.24. The second-order valence-corrected chi connectivity index (χ2v) is 5.09. The Morgan fingerprint density at radius 3 is 2.76 bits per heavy atom. The smallest absolute Gasteiger partial charge is 0.117 e. The van der Waals surface area contributed by atoms with Crippen molar-refractivity contribution in [1.29, 1.82) is 0 Å². The Morgan fingerprint density at radius 1 is 1.35 bits per heavy atom. The highest BCUT2D eigenvalue weighted by molar-refractivity contribution is 4.98. The third-order valence-corrected chi connectivity index (χ3v) is 3.30. The average Bonchev–Trinajstić information content (AvgIpc) is 2.83. The van der Waals surface area contributed by atoms with Crippen LogP contribution in [0.5, 0.6) is 0 Å². The minimum Gasteiger partial charge on any atom is -0.468 e. The Balaban J connectivity index is 1.76. The maximum absolute atomic E-state index is 5.38. The van der Waals surface area contributed by atoms with E-state index in [0.717, 1.165) is 45.2 Å². The van der Waals surface area contributed by atoms with Gasteiger partial charge in [-0.3, -0.25) is 4.90 Å². The first kappa shape index (κ1) is 12.6. The van der Waals surface area contributed by atoms with E-state index in [2.05, 4.69) is 24.1 Å². The number of morpholine rings is 1. The predicted octanol–water partition coefficient (Wildman–Crippen LogP) is 1.48. The summed E-state index contributed by atoms with van der Waals surface area (Å²) in [5, 5.41) is 3.45. The van der Waals surface area contributed by atoms with Crippen LogP contribution in [-0.2, 0) is 11.3 Å². The molecule has 2 heterocycles. The van der Waals surface area contributed by atoms with Gasteiger partial charge in [0.2, 0.25) is 0 Å². The van der Waals surface area contributed by atoms with E-state index in [1.165, 1.54) is 0 Å². The lowest BCUT2D eigenvalue weighted by Gasteiger charge is -2.41. The highest BCUT2D eigenvalue weighted by Gasteiger charge is 2.27. The molecule has 0 aliphatic carbocycles. The number of nitrogens with one attached hydrogen (secondary N) is 1. The highest BCUT2D eigenvalue weighted by atomic mass is 16.5. The van der Waals surface area contributed by atoms with Crippen molar-refractivity contribution < 1.29 is 9.15 Å². The lowest BCUT2D eigenvalue weighted by Crippen LogP contribution is -2.54. The van der Waals surface area contributed by atoms with Crippen molar-refractivity contribution in [2.75, 3.05) is 32.8 Å². The van der Waals surface area contributed by atoms with Crippen LogP contribution in [0.3, 0.4) is 0 Å². The summed E-state index contributed by atoms with van der Waals surface area (Å²) >= 11 is 0. The minimum atomic E-state index is 0.163. The maximum Gasteiger partial charge on any atom is 0.117 e. The van der Waals surface area contributed by atoms with Crippen molar-refractivity contribution in [2.24, 2.45) is 0 Å². The molecule has 17 heavy (non-hydrogen) atoms. The van der Waals surface area contributed by atoms with Crippen LogP contribution in [0.15, 0.2) is 22.8 Å². The molecule has 1 aromatic heterocycles. The maximum atomic E-state index is 5.38. The lowest BCUT2D eigenvalue weighted by molar-refractivity contribution is -0.00976. The highest BCUT2D eigenvalue weighted by Crippen LogP contribution is 2.15. The molecule has 0 unspecified atom stereocenters. The van der Waals surface area contributed by atoms with Gasteiger partial charge in [0.05, 0.1) is 26.0 Å². The van der Waals surface area contributed by atoms with Crippen LogP contribution in [-0.4, -0.2) is 43.3 Å². The average molecular weight is 238 g/mol. The molecule has 1 aliphatic rings. The van der Waals surface area contributed by atoms with Crippen LogP contribution in [0.2, 0.25) is 0 Å². The van der Waals surface area contributed by atoms with Gasteiger partial charge in [-0.2, -0.15) is 0 Å². The summed E-state index contributed by atoms with van der Waals surface area (Å²) in [6.45, 7) is 10.0. The summed E-state index contributed by atoms with van der Waals surface area (Å²) in [5.41, 5.74) is 0.163. The van der Waals surface area contributed by atoms with E-state index < -0.39 is 0 Å². The predicted molar refractivity (Wildman–Crippen MR) is 66.9 cm³/mol. The molecular formula is C13H22N2O2. The standard InChI is InChI=1S/C13H22N2O2/c1-13(2,15-5-8-16-9-6-15)11-14-10-12-4-3-7-17-12/h3-4,7,14H,5-6,8-11H2,1-2H3. The molecule has 0 spiro atoms. The van der Waals surface area contributed by atoms with Crippen molar-refractivity contribution in [1.82, 2.24) is 10.2 Å². The number of furan rings is 1. The zero-order valence-electron chi connectivity index (χ0n) is 10.7. The summed E-state index contributed by atoms with van der Waals surface area (Å²) in [7, 11) is 0. The molecule has 1 aliphatic heterocycles. The van der Waals surface area contributed by atoms with Crippen LogP contribution in [0.1, 0.15) is 19.6 Å². The zero-order valence-corrected chi connectivity index (χ0v) is 10.7. The molecule has 4 nitrogen and oxygen atoms in total. The van der Waals surface area contributed by atoms with Gasteiger partial charge in [-0.15, -0.1) is 0 Å². The van der Waals surface area contributed by atoms with Gasteiger partial charge in [-0.25, -0.2) is 0 Å². The van der Waals surface area contributed by atoms with Crippen molar-refractivity contribution >= 4 is 0 Å². The second kappa shape index (κ2) is 5.67. The molecule has 1 saturated heterocycles. The van der Waals surface area contributed by atoms with Gasteiger partial charge in [0.15, 0.2) is 0 Å². The van der Waals surface area contributed by atoms with Gasteiger partial charge >= 0.3 is 0 Å². The topological polar surface area (TPSA) is 37.6 Å². The summed E-state index contributed by atoms with van der Waals surface area (Å²) in [5.74, 6) is 0.989. The van der Waals surface area contributed by atoms with Crippen LogP contribution in [0.25, 0.3) is 0 Å². The number of hydrogen-bond acceptors (Lipinski definition) is 4. The van der Waals surface area contributed by atoms with E-state index in [0.29, 0.717) is 0 Å². The molecule has 1 N–H and O–H groups in total. The fourth-order valence-electron chi connectivity index (χ4n) is 2.19. The Bertz CT molecular complexity index is 316. The minimum absolute atomic E-state index is 0.163. The zero-order chi connectivity index (χ0) is 12.1. The molecule has 0 radical (unpaired) electrons. The van der Waals surface area contributed by atoms with Crippen molar-refractivity contribution in [3.05, 3.63) is 24.2 Å². The molecule has 0 aromatic carbocycles. The fraction of sp³-hybridized carbons (Fsp3) is 0.692. The molecule has 4 heteroatoms. The van der Waals surface area contributed by atoms with Crippen molar-refractivity contribution in [3.8, 4) is 0 Å². The largest absolute Gasteiger partial charge is 0.468 e. The molecule has 0 bridgehead atoms. The monoisotopic (exact) mass is 238 g/mol. The van der Waals surface area contributed by atoms with Gasteiger partial charge in [0.25, 0.3) is 0 Å². The molecule has 2 rings (SSSR count). The van der Waals surface area contributed by atoms with Gasteiger partial charge in [-0.1, -0.05) is 0 Å². The number of rotatable bonds is 5. The molecule has 0 amide bonds. The molecule has 96 valence electrons. The van der Waals surface area contributed by atoms with E-state index >= 15 is 0 Å². The lowest BCUT2D eigenvalue weighted by atomic mass is 10.0. The molecule has 0 atom stereocenters. The summed E-state index contributed by atoms with van der Waals surface area (Å²) in [6.07, 6.45) is 1.71. The van der Waals surface area contributed by atoms with Gasteiger partial charge in [0.1, 0.15) is 5.76 Å². The van der Waals surface area contributed by atoms with Crippen LogP contribution in [0, 0.1) is 0 Å². The normalized spacial score (nSPS) is 18.5. The first-order chi connectivity index (χ1) is 8.18. The first-order valence-electron chi connectivity index (χ1n) is 6.24. The van der Waals surface area contributed by atoms with Gasteiger partial charge < -0.3 is 14.5 Å². The summed E-state index contributed by atoms with van der Waals surface area (Å²) in [4.78, 5) is 2.48. The summed E-state index contributed by atoms with van der Waals surface area (Å²) in [6, 6.07) is 3.92. The Kier molecular flexibility index (Phi) is 4.20. The van der Waals surface area contributed by atoms with Crippen LogP contribution in [0.4, 0.5) is 0 Å². The number of ether oxygens (including phenoxy) is 1. The van der Waals surface area contributed by atoms with E-state index in [-0.39, 0.29) is 5.54 Å². The number of nitrogens with zero attached hydrogens (tertiary/aromatic N) is 1. The number of hydrogen-bond donors (Lipinski definition) is 1. The van der Waals surface area contributed by atoms with Crippen molar-refractivity contribution in [2.45, 2.75) is 25.9 Å². The van der Waals surface area contributed by atoms with Crippen LogP contribution < -0.4 is 5.32 Å². The van der Waals surface area contributed by atoms with Crippen molar-refractivity contribution in [3.63, 3.8) is 0 Å². The van der Waals surface area contributed by atoms with Gasteiger partial charge in [0, 0.05) is 25.2 Å². The SMILES string of the molecule is CC(C)(CNCc1ccco1)N1CCOCC1. The Morgan fingerprint density at radius 2 is 2.12 bits per heavy atom. The van der Waals surface area contributed by atoms with Gasteiger partial charge in [-0.05, 0) is 26.0 Å². The third-order valence-electron chi connectivity index (χ3n) is 3.30. The van der Waals surface area contributed by atoms with E-state index in [9.17, 15) is 0 Å². The molecule has 1 aromatic rings. The Hall–Kier alpha value is -0.840. The quantitative estimate of drug-likeness (QED) is 0.843. The van der Waals surface area contributed by atoms with E-state index in [1.54, 1.807) is 6.26 Å². The molecule has 0 saturated carbocycles. The fourth-order valence-corrected chi connectivity index (χ4v) is 2.19. The Labute approximate surface area is 103 Å². The molecule has 1 fully saturated rings. The molecular weight excluding hydrogens is 216 g/mol. The third kappa shape index (κ3) is 3.56. The summed E-state index contributed by atoms with van der Waals surface area (Å²) < 4.78 is 10.7. The van der Waals surface area contributed by atoms with E-state index in [1.807, 2.05) is 12.1 Å². The van der Waals surface area contributed by atoms with E-state index in [4.69, 9.17) is 9.15 Å². The van der Waals surface area contributed by atoms with Crippen LogP contribution >= 0.6 is 0 Å².